The fraction of sp³-hybridized carbons (Fsp3) is 0.143. The lowest BCUT2D eigenvalue weighted by molar-refractivity contribution is 0.628. The summed E-state index contributed by atoms with van der Waals surface area (Å²) < 4.78 is 14.6. The number of halogens is 2. The van der Waals surface area contributed by atoms with Gasteiger partial charge in [-0.05, 0) is 25.1 Å². The molecule has 21 heavy (non-hydrogen) atoms. The fourth-order valence-electron chi connectivity index (χ4n) is 1.99. The highest BCUT2D eigenvalue weighted by molar-refractivity contribution is 7.15. The number of aromatic nitrogens is 2. The Labute approximate surface area is 128 Å². The second-order valence-corrected chi connectivity index (χ2v) is 5.81. The molecule has 3 aromatic rings. The Morgan fingerprint density at radius 3 is 3.00 bits per heavy atom. The highest BCUT2D eigenvalue weighted by atomic mass is 35.5. The van der Waals surface area contributed by atoms with E-state index < -0.39 is 5.82 Å². The van der Waals surface area contributed by atoms with Crippen molar-refractivity contribution in [2.75, 3.05) is 5.32 Å². The van der Waals surface area contributed by atoms with Gasteiger partial charge >= 0.3 is 0 Å². The van der Waals surface area contributed by atoms with Gasteiger partial charge in [0.2, 0.25) is 0 Å². The number of hydrogen-bond acceptors (Lipinski definition) is 4. The number of thiazole rings is 1. The molecule has 2 heterocycles. The van der Waals surface area contributed by atoms with E-state index in [2.05, 4.69) is 10.3 Å². The minimum atomic E-state index is -0.464. The quantitative estimate of drug-likeness (QED) is 0.803. The Kier molecular flexibility index (Phi) is 3.65. The number of hydrogen-bond donors (Lipinski definition) is 1. The van der Waals surface area contributed by atoms with Gasteiger partial charge in [0.15, 0.2) is 4.96 Å². The van der Waals surface area contributed by atoms with Crippen molar-refractivity contribution in [1.29, 1.82) is 0 Å². The molecule has 0 fully saturated rings. The van der Waals surface area contributed by atoms with E-state index in [0.717, 1.165) is 5.69 Å². The number of anilines is 1. The van der Waals surface area contributed by atoms with Crippen molar-refractivity contribution < 1.29 is 4.39 Å². The molecule has 0 radical (unpaired) electrons. The highest BCUT2D eigenvalue weighted by Gasteiger charge is 2.07. The van der Waals surface area contributed by atoms with Crippen LogP contribution in [0.5, 0.6) is 0 Å². The summed E-state index contributed by atoms with van der Waals surface area (Å²) in [6.07, 6.45) is 0. The van der Waals surface area contributed by atoms with Crippen LogP contribution in [0.15, 0.2) is 34.4 Å². The first-order valence-electron chi connectivity index (χ1n) is 6.20. The number of aryl methyl sites for hydroxylation is 1. The van der Waals surface area contributed by atoms with Gasteiger partial charge in [0, 0.05) is 22.8 Å². The summed E-state index contributed by atoms with van der Waals surface area (Å²) >= 11 is 7.14. The molecule has 0 bridgehead atoms. The predicted molar refractivity (Wildman–Crippen MR) is 82.8 cm³/mol. The van der Waals surface area contributed by atoms with E-state index in [1.54, 1.807) is 10.5 Å². The average molecular weight is 324 g/mol. The Balaban J connectivity index is 1.85. The van der Waals surface area contributed by atoms with E-state index in [9.17, 15) is 9.18 Å². The van der Waals surface area contributed by atoms with E-state index in [1.807, 2.05) is 12.3 Å². The molecule has 0 atom stereocenters. The van der Waals surface area contributed by atoms with Crippen molar-refractivity contribution in [3.05, 3.63) is 62.2 Å². The predicted octanol–water partition coefficient (Wildman–Crippen LogP) is 3.47. The molecule has 0 aliphatic carbocycles. The highest BCUT2D eigenvalue weighted by Crippen LogP contribution is 2.20. The molecule has 4 nitrogen and oxygen atoms in total. The average Bonchev–Trinajstić information content (AvgIpc) is 2.82. The largest absolute Gasteiger partial charge is 0.379 e. The van der Waals surface area contributed by atoms with Crippen LogP contribution >= 0.6 is 22.9 Å². The lowest BCUT2D eigenvalue weighted by Crippen LogP contribution is -2.16. The van der Waals surface area contributed by atoms with Crippen molar-refractivity contribution in [2.45, 2.75) is 13.5 Å². The first kappa shape index (κ1) is 14.0. The van der Waals surface area contributed by atoms with Crippen LogP contribution < -0.4 is 10.9 Å². The summed E-state index contributed by atoms with van der Waals surface area (Å²) in [5.74, 6) is -0.464. The maximum atomic E-state index is 13.1. The smallest absolute Gasteiger partial charge is 0.259 e. The zero-order valence-corrected chi connectivity index (χ0v) is 12.6. The lowest BCUT2D eigenvalue weighted by atomic mass is 10.3. The van der Waals surface area contributed by atoms with Crippen molar-refractivity contribution in [1.82, 2.24) is 9.38 Å². The third kappa shape index (κ3) is 2.77. The molecule has 3 rings (SSSR count). The molecule has 2 aromatic heterocycles. The normalized spacial score (nSPS) is 11.0. The number of nitrogens with zero attached hydrogens (tertiary/aromatic N) is 2. The van der Waals surface area contributed by atoms with Crippen LogP contribution in [0, 0.1) is 12.7 Å². The molecule has 1 N–H and O–H groups in total. The topological polar surface area (TPSA) is 46.4 Å². The molecule has 108 valence electrons. The molecule has 0 unspecified atom stereocenters. The Hall–Kier alpha value is -1.92. The second-order valence-electron chi connectivity index (χ2n) is 4.56. The summed E-state index contributed by atoms with van der Waals surface area (Å²) in [5, 5.41) is 5.01. The van der Waals surface area contributed by atoms with E-state index in [0.29, 0.717) is 22.9 Å². The van der Waals surface area contributed by atoms with Crippen molar-refractivity contribution in [2.24, 2.45) is 0 Å². The van der Waals surface area contributed by atoms with Crippen LogP contribution in [0.4, 0.5) is 10.1 Å². The van der Waals surface area contributed by atoms with E-state index >= 15 is 0 Å². The third-order valence-electron chi connectivity index (χ3n) is 3.02. The van der Waals surface area contributed by atoms with Crippen LogP contribution in [0.3, 0.4) is 0 Å². The maximum absolute atomic E-state index is 13.1. The summed E-state index contributed by atoms with van der Waals surface area (Å²) in [6, 6.07) is 5.86. The van der Waals surface area contributed by atoms with Crippen molar-refractivity contribution in [3.63, 3.8) is 0 Å². The number of nitrogens with one attached hydrogen (secondary N) is 1. The molecule has 0 amide bonds. The minimum Gasteiger partial charge on any atom is -0.379 e. The second kappa shape index (κ2) is 5.46. The maximum Gasteiger partial charge on any atom is 0.259 e. The molecule has 0 aliphatic rings. The van der Waals surface area contributed by atoms with Crippen LogP contribution in [0.1, 0.15) is 11.4 Å². The molecule has 0 aliphatic heterocycles. The minimum absolute atomic E-state index is 0.0531. The summed E-state index contributed by atoms with van der Waals surface area (Å²) in [7, 11) is 0. The van der Waals surface area contributed by atoms with Gasteiger partial charge in [-0.3, -0.25) is 9.20 Å². The lowest BCUT2D eigenvalue weighted by Gasteiger charge is -2.07. The molecule has 0 saturated heterocycles. The SMILES string of the molecule is Cc1csc2nc(CNc3ccc(F)c(Cl)c3)cc(=O)n12. The Morgan fingerprint density at radius 1 is 1.43 bits per heavy atom. The molecule has 1 aromatic carbocycles. The number of benzene rings is 1. The molecular weight excluding hydrogens is 313 g/mol. The van der Waals surface area contributed by atoms with Gasteiger partial charge in [0.1, 0.15) is 5.82 Å². The number of fused-ring (bicyclic) bond motifs is 1. The van der Waals surface area contributed by atoms with Gasteiger partial charge in [0.05, 0.1) is 17.3 Å². The molecule has 0 saturated carbocycles. The number of rotatable bonds is 3. The van der Waals surface area contributed by atoms with Gasteiger partial charge in [0.25, 0.3) is 5.56 Å². The third-order valence-corrected chi connectivity index (χ3v) is 4.26. The van der Waals surface area contributed by atoms with E-state index in [-0.39, 0.29) is 10.6 Å². The van der Waals surface area contributed by atoms with Gasteiger partial charge in [-0.25, -0.2) is 9.37 Å². The van der Waals surface area contributed by atoms with Crippen LogP contribution in [-0.4, -0.2) is 9.38 Å². The first-order valence-corrected chi connectivity index (χ1v) is 7.46. The van der Waals surface area contributed by atoms with Crippen LogP contribution in [0.2, 0.25) is 5.02 Å². The van der Waals surface area contributed by atoms with Crippen molar-refractivity contribution >= 4 is 33.6 Å². The first-order chi connectivity index (χ1) is 10.0. The zero-order valence-electron chi connectivity index (χ0n) is 11.1. The van der Waals surface area contributed by atoms with E-state index in [4.69, 9.17) is 11.6 Å². The van der Waals surface area contributed by atoms with Gasteiger partial charge < -0.3 is 5.32 Å². The Bertz CT molecular complexity index is 874. The van der Waals surface area contributed by atoms with Crippen LogP contribution in [0.25, 0.3) is 4.96 Å². The van der Waals surface area contributed by atoms with Crippen molar-refractivity contribution in [3.8, 4) is 0 Å². The zero-order chi connectivity index (χ0) is 15.0. The molecule has 0 spiro atoms. The summed E-state index contributed by atoms with van der Waals surface area (Å²) in [5.41, 5.74) is 2.07. The van der Waals surface area contributed by atoms with Gasteiger partial charge in [-0.1, -0.05) is 11.6 Å². The monoisotopic (exact) mass is 323 g/mol. The summed E-state index contributed by atoms with van der Waals surface area (Å²) in [6.45, 7) is 2.23. The fourth-order valence-corrected chi connectivity index (χ4v) is 3.06. The molecule has 7 heteroatoms. The summed E-state index contributed by atoms with van der Waals surface area (Å²) in [4.78, 5) is 17.1. The van der Waals surface area contributed by atoms with Gasteiger partial charge in [-0.15, -0.1) is 11.3 Å². The van der Waals surface area contributed by atoms with Gasteiger partial charge in [-0.2, -0.15) is 0 Å². The van der Waals surface area contributed by atoms with Crippen LogP contribution in [-0.2, 0) is 6.54 Å². The standard InChI is InChI=1S/C14H11ClFN3OS/c1-8-7-21-14-18-10(5-13(20)19(8)14)6-17-9-2-3-12(16)11(15)4-9/h2-5,7,17H,6H2,1H3. The molecular formula is C14H11ClFN3OS. The Morgan fingerprint density at radius 2 is 2.24 bits per heavy atom. The van der Waals surface area contributed by atoms with E-state index in [1.165, 1.54) is 29.5 Å².